The first-order chi connectivity index (χ1) is 14.1. The van der Waals surface area contributed by atoms with Crippen molar-refractivity contribution in [1.82, 2.24) is 0 Å². The lowest BCUT2D eigenvalue weighted by Crippen LogP contribution is -2.42. The van der Waals surface area contributed by atoms with Crippen LogP contribution in [-0.4, -0.2) is 32.4 Å². The van der Waals surface area contributed by atoms with E-state index in [1.165, 1.54) is 30.3 Å². The highest BCUT2D eigenvalue weighted by molar-refractivity contribution is 7.92. The molecule has 1 heterocycles. The number of benzene rings is 2. The van der Waals surface area contributed by atoms with Crippen LogP contribution in [0, 0.1) is 15.5 Å². The molecule has 1 aliphatic heterocycles. The molecular formula is C20H23N3O6S. The summed E-state index contributed by atoms with van der Waals surface area (Å²) in [5, 5.41) is 11.2. The number of para-hydroxylation sites is 1. The van der Waals surface area contributed by atoms with Crippen LogP contribution in [0.4, 0.5) is 17.1 Å². The number of ether oxygens (including phenoxy) is 1. The molecule has 9 nitrogen and oxygen atoms in total. The third kappa shape index (κ3) is 4.09. The molecule has 1 aliphatic rings. The van der Waals surface area contributed by atoms with Gasteiger partial charge in [-0.2, -0.15) is 0 Å². The van der Waals surface area contributed by atoms with Crippen molar-refractivity contribution in [2.45, 2.75) is 32.1 Å². The first-order valence-electron chi connectivity index (χ1n) is 9.42. The largest absolute Gasteiger partial charge is 0.490 e. The maximum atomic E-state index is 12.9. The van der Waals surface area contributed by atoms with Crippen molar-refractivity contribution in [3.63, 3.8) is 0 Å². The number of hydrogen-bond donors (Lipinski definition) is 1. The van der Waals surface area contributed by atoms with E-state index in [1.54, 1.807) is 24.8 Å². The van der Waals surface area contributed by atoms with Gasteiger partial charge in [0.1, 0.15) is 12.4 Å². The van der Waals surface area contributed by atoms with Crippen molar-refractivity contribution in [3.8, 4) is 5.75 Å². The van der Waals surface area contributed by atoms with E-state index in [0.29, 0.717) is 18.0 Å². The summed E-state index contributed by atoms with van der Waals surface area (Å²) >= 11 is 0. The number of nitro groups is 1. The SMILES string of the molecule is CCCN1C(=O)C(C)(C)COc2cc(NS(=O)(=O)c3ccccc3[N+](=O)[O-])ccc21. The summed E-state index contributed by atoms with van der Waals surface area (Å²) in [6, 6.07) is 9.71. The van der Waals surface area contributed by atoms with E-state index < -0.39 is 30.9 Å². The second-order valence-electron chi connectivity index (χ2n) is 7.64. The molecule has 0 saturated heterocycles. The maximum Gasteiger partial charge on any atom is 0.289 e. The van der Waals surface area contributed by atoms with Crippen molar-refractivity contribution >= 4 is 33.0 Å². The standard InChI is InChI=1S/C20H23N3O6S/c1-4-11-22-15-10-9-14(12-17(15)29-13-20(2,3)19(22)24)21-30(27,28)18-8-6-5-7-16(18)23(25)26/h5-10,12,21H,4,11,13H2,1-3H3. The lowest BCUT2D eigenvalue weighted by Gasteiger charge is -2.27. The smallest absolute Gasteiger partial charge is 0.289 e. The summed E-state index contributed by atoms with van der Waals surface area (Å²) in [5.74, 6) is 0.293. The van der Waals surface area contributed by atoms with Gasteiger partial charge in [-0.1, -0.05) is 19.1 Å². The van der Waals surface area contributed by atoms with Gasteiger partial charge in [-0.05, 0) is 38.5 Å². The Bertz CT molecular complexity index is 1100. The minimum atomic E-state index is -4.21. The van der Waals surface area contributed by atoms with Gasteiger partial charge in [0, 0.05) is 18.7 Å². The molecule has 0 aliphatic carbocycles. The predicted molar refractivity (Wildman–Crippen MR) is 112 cm³/mol. The van der Waals surface area contributed by atoms with Crippen molar-refractivity contribution < 1.29 is 22.9 Å². The zero-order valence-corrected chi connectivity index (χ0v) is 17.7. The molecule has 1 amide bonds. The van der Waals surface area contributed by atoms with Crippen LogP contribution in [0.2, 0.25) is 0 Å². The van der Waals surface area contributed by atoms with E-state index in [0.717, 1.165) is 12.5 Å². The summed E-state index contributed by atoms with van der Waals surface area (Å²) in [6.45, 7) is 6.18. The highest BCUT2D eigenvalue weighted by atomic mass is 32.2. The number of nitrogens with zero attached hydrogens (tertiary/aromatic N) is 2. The molecule has 10 heteroatoms. The van der Waals surface area contributed by atoms with Gasteiger partial charge in [-0.3, -0.25) is 19.6 Å². The van der Waals surface area contributed by atoms with Crippen LogP contribution in [0.15, 0.2) is 47.4 Å². The first-order valence-corrected chi connectivity index (χ1v) is 10.9. The molecule has 30 heavy (non-hydrogen) atoms. The van der Waals surface area contributed by atoms with Crippen LogP contribution >= 0.6 is 0 Å². The minimum Gasteiger partial charge on any atom is -0.490 e. The second-order valence-corrected chi connectivity index (χ2v) is 9.29. The molecule has 0 bridgehead atoms. The van der Waals surface area contributed by atoms with Crippen molar-refractivity contribution in [2.24, 2.45) is 5.41 Å². The number of nitro benzene ring substituents is 1. The molecule has 0 spiro atoms. The molecule has 160 valence electrons. The van der Waals surface area contributed by atoms with E-state index in [-0.39, 0.29) is 18.2 Å². The number of amides is 1. The van der Waals surface area contributed by atoms with E-state index in [4.69, 9.17) is 4.74 Å². The average molecular weight is 433 g/mol. The third-order valence-corrected chi connectivity index (χ3v) is 6.14. The van der Waals surface area contributed by atoms with Gasteiger partial charge >= 0.3 is 0 Å². The normalized spacial score (nSPS) is 15.7. The highest BCUT2D eigenvalue weighted by Crippen LogP contribution is 2.39. The molecule has 0 saturated carbocycles. The Hall–Kier alpha value is -3.14. The summed E-state index contributed by atoms with van der Waals surface area (Å²) < 4.78 is 33.7. The molecule has 0 radical (unpaired) electrons. The molecule has 0 unspecified atom stereocenters. The Labute approximate surface area is 174 Å². The van der Waals surface area contributed by atoms with Crippen molar-refractivity contribution in [2.75, 3.05) is 22.8 Å². The minimum absolute atomic E-state index is 0.0728. The monoisotopic (exact) mass is 433 g/mol. The van der Waals surface area contributed by atoms with E-state index >= 15 is 0 Å². The van der Waals surface area contributed by atoms with Crippen LogP contribution in [0.3, 0.4) is 0 Å². The molecule has 2 aromatic rings. The maximum absolute atomic E-state index is 12.9. The number of rotatable bonds is 6. The Morgan fingerprint density at radius 2 is 1.93 bits per heavy atom. The topological polar surface area (TPSA) is 119 Å². The van der Waals surface area contributed by atoms with Gasteiger partial charge in [0.25, 0.3) is 15.7 Å². The highest BCUT2D eigenvalue weighted by Gasteiger charge is 2.37. The fourth-order valence-electron chi connectivity index (χ4n) is 3.20. The van der Waals surface area contributed by atoms with E-state index in [2.05, 4.69) is 4.72 Å². The Morgan fingerprint density at radius 3 is 2.60 bits per heavy atom. The third-order valence-electron chi connectivity index (χ3n) is 4.71. The van der Waals surface area contributed by atoms with Crippen LogP contribution in [0.5, 0.6) is 5.75 Å². The van der Waals surface area contributed by atoms with Crippen LogP contribution < -0.4 is 14.4 Å². The average Bonchev–Trinajstić information content (AvgIpc) is 2.78. The fraction of sp³-hybridized carbons (Fsp3) is 0.350. The van der Waals surface area contributed by atoms with Gasteiger partial charge in [0.15, 0.2) is 4.90 Å². The Kier molecular flexibility index (Phi) is 5.71. The lowest BCUT2D eigenvalue weighted by atomic mass is 9.93. The molecular weight excluding hydrogens is 410 g/mol. The fourth-order valence-corrected chi connectivity index (χ4v) is 4.42. The van der Waals surface area contributed by atoms with Crippen LogP contribution in [-0.2, 0) is 14.8 Å². The van der Waals surface area contributed by atoms with Gasteiger partial charge in [0.05, 0.1) is 21.7 Å². The number of carbonyl (C=O) groups excluding carboxylic acids is 1. The van der Waals surface area contributed by atoms with Crippen LogP contribution in [0.25, 0.3) is 0 Å². The van der Waals surface area contributed by atoms with Gasteiger partial charge in [-0.15, -0.1) is 0 Å². The van der Waals surface area contributed by atoms with Gasteiger partial charge in [-0.25, -0.2) is 8.42 Å². The van der Waals surface area contributed by atoms with Gasteiger partial charge in [0.2, 0.25) is 5.91 Å². The lowest BCUT2D eigenvalue weighted by molar-refractivity contribution is -0.387. The quantitative estimate of drug-likeness (QED) is 0.550. The summed E-state index contributed by atoms with van der Waals surface area (Å²) in [7, 11) is -4.21. The molecule has 0 aromatic heterocycles. The van der Waals surface area contributed by atoms with Gasteiger partial charge < -0.3 is 9.64 Å². The molecule has 3 rings (SSSR count). The number of carbonyl (C=O) groups is 1. The number of fused-ring (bicyclic) bond motifs is 1. The summed E-state index contributed by atoms with van der Waals surface area (Å²) in [5.41, 5.74) is -0.521. The number of hydrogen-bond acceptors (Lipinski definition) is 6. The zero-order valence-electron chi connectivity index (χ0n) is 16.9. The summed E-state index contributed by atoms with van der Waals surface area (Å²) in [6.07, 6.45) is 0.743. The first kappa shape index (κ1) is 21.6. The van der Waals surface area contributed by atoms with Crippen LogP contribution in [0.1, 0.15) is 27.2 Å². The number of anilines is 2. The molecule has 0 fully saturated rings. The molecule has 1 N–H and O–H groups in total. The van der Waals surface area contributed by atoms with Crippen molar-refractivity contribution in [1.29, 1.82) is 0 Å². The number of nitrogens with one attached hydrogen (secondary N) is 1. The molecule has 0 atom stereocenters. The Morgan fingerprint density at radius 1 is 1.23 bits per heavy atom. The van der Waals surface area contributed by atoms with Crippen molar-refractivity contribution in [3.05, 3.63) is 52.6 Å². The second kappa shape index (κ2) is 7.94. The Balaban J connectivity index is 1.99. The zero-order chi connectivity index (χ0) is 22.1. The molecule has 2 aromatic carbocycles. The van der Waals surface area contributed by atoms with E-state index in [9.17, 15) is 23.3 Å². The summed E-state index contributed by atoms with van der Waals surface area (Å²) in [4.78, 5) is 24.5. The number of sulfonamides is 1. The van der Waals surface area contributed by atoms with E-state index in [1.807, 2.05) is 6.92 Å². The predicted octanol–water partition coefficient (Wildman–Crippen LogP) is 3.56.